The van der Waals surface area contributed by atoms with Gasteiger partial charge in [0.05, 0.1) is 11.8 Å². The number of nitrogens with two attached hydrogens (primary N) is 1. The van der Waals surface area contributed by atoms with Crippen LogP contribution >= 0.6 is 11.3 Å². The highest BCUT2D eigenvalue weighted by Crippen LogP contribution is 2.35. The van der Waals surface area contributed by atoms with Crippen LogP contribution in [-0.2, 0) is 0 Å². The lowest BCUT2D eigenvalue weighted by atomic mass is 10.2. The first-order valence-corrected chi connectivity index (χ1v) is 7.88. The Bertz CT molecular complexity index is 666. The van der Waals surface area contributed by atoms with Crippen molar-refractivity contribution in [2.24, 2.45) is 0 Å². The molecule has 5 nitrogen and oxygen atoms in total. The number of hydrogen-bond donors (Lipinski definition) is 3. The van der Waals surface area contributed by atoms with E-state index in [1.165, 1.54) is 11.3 Å². The maximum atomic E-state index is 12.2. The van der Waals surface area contributed by atoms with Crippen LogP contribution in [0.1, 0.15) is 40.8 Å². The van der Waals surface area contributed by atoms with Gasteiger partial charge in [0.2, 0.25) is 0 Å². The van der Waals surface area contributed by atoms with E-state index in [4.69, 9.17) is 5.73 Å². The Morgan fingerprint density at radius 1 is 1.52 bits per heavy atom. The summed E-state index contributed by atoms with van der Waals surface area (Å²) in [4.78, 5) is 17.1. The summed E-state index contributed by atoms with van der Waals surface area (Å²) < 4.78 is 0.983. The zero-order chi connectivity index (χ0) is 15.6. The first-order valence-electron chi connectivity index (χ1n) is 7.06. The van der Waals surface area contributed by atoms with Gasteiger partial charge in [-0.1, -0.05) is 6.92 Å². The molecule has 0 fully saturated rings. The molecule has 0 spiro atoms. The van der Waals surface area contributed by atoms with Crippen molar-refractivity contribution in [3.8, 4) is 0 Å². The second-order valence-electron chi connectivity index (χ2n) is 5.17. The normalized spacial score (nSPS) is 12.6. The molecule has 114 valence electrons. The van der Waals surface area contributed by atoms with Crippen LogP contribution in [0, 0.1) is 13.8 Å². The first kappa shape index (κ1) is 15.7. The third-order valence-electron chi connectivity index (χ3n) is 3.46. The molecular weight excluding hydrogens is 286 g/mol. The number of aliphatic hydroxyl groups is 1. The summed E-state index contributed by atoms with van der Waals surface area (Å²) in [5.74, 6) is -0.186. The van der Waals surface area contributed by atoms with Gasteiger partial charge in [0, 0.05) is 28.0 Å². The molecule has 0 aliphatic rings. The standard InChI is InChI=1S/C15H21N3O2S/c1-4-10(19)5-6-17-15(20)14-13(16)12-9(3)18-8(2)7-11(12)21-14/h7,10,19H,4-6,16H2,1-3H3,(H,17,20). The molecule has 0 aliphatic heterocycles. The molecule has 0 bridgehead atoms. The van der Waals surface area contributed by atoms with Gasteiger partial charge in [-0.05, 0) is 32.8 Å². The van der Waals surface area contributed by atoms with E-state index in [9.17, 15) is 9.90 Å². The highest BCUT2D eigenvalue weighted by molar-refractivity contribution is 7.21. The number of amides is 1. The predicted molar refractivity (Wildman–Crippen MR) is 86.8 cm³/mol. The van der Waals surface area contributed by atoms with Gasteiger partial charge in [0.25, 0.3) is 5.91 Å². The lowest BCUT2D eigenvalue weighted by Crippen LogP contribution is -2.26. The number of nitrogen functional groups attached to an aromatic ring is 1. The molecule has 0 aromatic carbocycles. The van der Waals surface area contributed by atoms with Crippen LogP contribution in [0.3, 0.4) is 0 Å². The topological polar surface area (TPSA) is 88.2 Å². The fourth-order valence-corrected chi connectivity index (χ4v) is 3.47. The van der Waals surface area contributed by atoms with Gasteiger partial charge in [-0.2, -0.15) is 0 Å². The highest BCUT2D eigenvalue weighted by atomic mass is 32.1. The number of nitrogens with zero attached hydrogens (tertiary/aromatic N) is 1. The zero-order valence-corrected chi connectivity index (χ0v) is 13.4. The third kappa shape index (κ3) is 3.33. The van der Waals surface area contributed by atoms with Crippen LogP contribution in [0.25, 0.3) is 10.1 Å². The molecule has 0 aliphatic carbocycles. The van der Waals surface area contributed by atoms with Crippen LogP contribution in [0.4, 0.5) is 5.69 Å². The number of carbonyl (C=O) groups excluding carboxylic acids is 1. The minimum absolute atomic E-state index is 0.186. The zero-order valence-electron chi connectivity index (χ0n) is 12.6. The molecule has 2 rings (SSSR count). The Morgan fingerprint density at radius 3 is 2.90 bits per heavy atom. The summed E-state index contributed by atoms with van der Waals surface area (Å²) in [5, 5.41) is 13.2. The summed E-state index contributed by atoms with van der Waals surface area (Å²) in [6.45, 7) is 6.18. The molecule has 6 heteroatoms. The molecule has 0 radical (unpaired) electrons. The van der Waals surface area contributed by atoms with E-state index in [0.29, 0.717) is 30.0 Å². The third-order valence-corrected chi connectivity index (χ3v) is 4.61. The summed E-state index contributed by atoms with van der Waals surface area (Å²) in [6.07, 6.45) is 0.858. The molecule has 21 heavy (non-hydrogen) atoms. The van der Waals surface area contributed by atoms with Crippen molar-refractivity contribution in [2.75, 3.05) is 12.3 Å². The van der Waals surface area contributed by atoms with Crippen molar-refractivity contribution < 1.29 is 9.90 Å². The fourth-order valence-electron chi connectivity index (χ4n) is 2.28. The van der Waals surface area contributed by atoms with Gasteiger partial charge in [0.15, 0.2) is 0 Å². The van der Waals surface area contributed by atoms with Crippen molar-refractivity contribution in [1.82, 2.24) is 10.3 Å². The monoisotopic (exact) mass is 307 g/mol. The minimum Gasteiger partial charge on any atom is -0.397 e. The van der Waals surface area contributed by atoms with Crippen molar-refractivity contribution >= 4 is 33.0 Å². The van der Waals surface area contributed by atoms with Crippen LogP contribution in [0.15, 0.2) is 6.07 Å². The Hall–Kier alpha value is -1.66. The summed E-state index contributed by atoms with van der Waals surface area (Å²) in [6, 6.07) is 1.95. The van der Waals surface area contributed by atoms with E-state index in [1.54, 1.807) is 0 Å². The van der Waals surface area contributed by atoms with Crippen molar-refractivity contribution in [1.29, 1.82) is 0 Å². The smallest absolute Gasteiger partial charge is 0.263 e. The number of pyridine rings is 1. The molecule has 0 saturated heterocycles. The number of carbonyl (C=O) groups is 1. The first-order chi connectivity index (χ1) is 9.93. The average molecular weight is 307 g/mol. The molecule has 1 atom stereocenters. The number of hydrogen-bond acceptors (Lipinski definition) is 5. The number of aromatic nitrogens is 1. The fraction of sp³-hybridized carbons (Fsp3) is 0.467. The van der Waals surface area contributed by atoms with E-state index in [0.717, 1.165) is 21.5 Å². The molecule has 2 heterocycles. The van der Waals surface area contributed by atoms with Gasteiger partial charge in [-0.25, -0.2) is 0 Å². The van der Waals surface area contributed by atoms with E-state index in [2.05, 4.69) is 10.3 Å². The molecule has 2 aromatic heterocycles. The number of aliphatic hydroxyl groups excluding tert-OH is 1. The summed E-state index contributed by atoms with van der Waals surface area (Å²) in [5.41, 5.74) is 8.37. The molecule has 4 N–H and O–H groups in total. The van der Waals surface area contributed by atoms with Crippen LogP contribution in [-0.4, -0.2) is 28.6 Å². The number of fused-ring (bicyclic) bond motifs is 1. The van der Waals surface area contributed by atoms with Crippen LogP contribution in [0.5, 0.6) is 0 Å². The Kier molecular flexibility index (Phi) is 4.80. The Balaban J connectivity index is 2.20. The van der Waals surface area contributed by atoms with E-state index < -0.39 is 0 Å². The van der Waals surface area contributed by atoms with Gasteiger partial charge < -0.3 is 16.2 Å². The van der Waals surface area contributed by atoms with E-state index in [1.807, 2.05) is 26.8 Å². The van der Waals surface area contributed by atoms with Gasteiger partial charge in [-0.15, -0.1) is 11.3 Å². The van der Waals surface area contributed by atoms with Crippen molar-refractivity contribution in [3.05, 3.63) is 22.3 Å². The second kappa shape index (κ2) is 6.41. The largest absolute Gasteiger partial charge is 0.397 e. The summed E-state index contributed by atoms with van der Waals surface area (Å²) >= 11 is 1.39. The number of aryl methyl sites for hydroxylation is 2. The Morgan fingerprint density at radius 2 is 2.24 bits per heavy atom. The Labute approximate surface area is 128 Å². The molecular formula is C15H21N3O2S. The molecule has 1 amide bonds. The molecule has 1 unspecified atom stereocenters. The van der Waals surface area contributed by atoms with Crippen molar-refractivity contribution in [2.45, 2.75) is 39.7 Å². The number of thiophene rings is 1. The second-order valence-corrected chi connectivity index (χ2v) is 6.23. The van der Waals surface area contributed by atoms with Gasteiger partial charge in [-0.3, -0.25) is 9.78 Å². The minimum atomic E-state index is -0.376. The number of nitrogens with one attached hydrogen (secondary N) is 1. The van der Waals surface area contributed by atoms with Crippen LogP contribution in [0.2, 0.25) is 0 Å². The highest BCUT2D eigenvalue weighted by Gasteiger charge is 2.18. The quantitative estimate of drug-likeness (QED) is 0.791. The average Bonchev–Trinajstić information content (AvgIpc) is 2.75. The maximum Gasteiger partial charge on any atom is 0.263 e. The van der Waals surface area contributed by atoms with Crippen molar-refractivity contribution in [3.63, 3.8) is 0 Å². The molecule has 2 aromatic rings. The number of rotatable bonds is 5. The summed E-state index contributed by atoms with van der Waals surface area (Å²) in [7, 11) is 0. The predicted octanol–water partition coefficient (Wildman–Crippen LogP) is 2.39. The van der Waals surface area contributed by atoms with E-state index in [-0.39, 0.29) is 12.0 Å². The van der Waals surface area contributed by atoms with Gasteiger partial charge in [0.1, 0.15) is 4.88 Å². The maximum absolute atomic E-state index is 12.2. The lowest BCUT2D eigenvalue weighted by molar-refractivity contribution is 0.0947. The van der Waals surface area contributed by atoms with Gasteiger partial charge >= 0.3 is 0 Å². The van der Waals surface area contributed by atoms with Crippen LogP contribution < -0.4 is 11.1 Å². The number of anilines is 1. The van der Waals surface area contributed by atoms with E-state index >= 15 is 0 Å². The SMILES string of the molecule is CCC(O)CCNC(=O)c1sc2cc(C)nc(C)c2c1N. The lowest BCUT2D eigenvalue weighted by Gasteiger charge is -2.08. The molecule has 0 saturated carbocycles.